The van der Waals surface area contributed by atoms with Crippen LogP contribution >= 0.6 is 0 Å². The Morgan fingerprint density at radius 2 is 1.89 bits per heavy atom. The first kappa shape index (κ1) is 22.9. The summed E-state index contributed by atoms with van der Waals surface area (Å²) in [5.41, 5.74) is 5.41. The second-order valence-electron chi connectivity index (χ2n) is 8.44. The molecule has 9 nitrogen and oxygen atoms in total. The molecule has 0 atom stereocenters. The van der Waals surface area contributed by atoms with Crippen LogP contribution in [0, 0.1) is 11.3 Å². The zero-order valence-corrected chi connectivity index (χ0v) is 19.8. The lowest BCUT2D eigenvalue weighted by Crippen LogP contribution is -2.25. The standard InChI is InChI=1S/C27H24N8O/c1-2-3-8-22-18-35(24-10-5-4-7-21(24)16-28)27(36)34(22)17-19-11-13-20(14-12-19)23-9-6-15-29-25(23)26-30-32-33-31-26/h4-7,9-15,18H,2-3,8,17H2,1H3,(H,30,31,32,33). The van der Waals surface area contributed by atoms with Crippen molar-refractivity contribution in [1.82, 2.24) is 34.7 Å². The molecule has 3 aromatic heterocycles. The molecule has 0 amide bonds. The Morgan fingerprint density at radius 1 is 1.06 bits per heavy atom. The van der Waals surface area contributed by atoms with Crippen molar-refractivity contribution in [3.05, 3.63) is 100 Å². The predicted molar refractivity (Wildman–Crippen MR) is 135 cm³/mol. The van der Waals surface area contributed by atoms with Gasteiger partial charge in [-0.05, 0) is 52.6 Å². The fourth-order valence-corrected chi connectivity index (χ4v) is 4.26. The van der Waals surface area contributed by atoms with Crippen LogP contribution in [0.25, 0.3) is 28.3 Å². The van der Waals surface area contributed by atoms with Crippen molar-refractivity contribution < 1.29 is 0 Å². The van der Waals surface area contributed by atoms with Crippen molar-refractivity contribution in [2.24, 2.45) is 0 Å². The topological polar surface area (TPSA) is 118 Å². The van der Waals surface area contributed by atoms with Crippen molar-refractivity contribution in [2.45, 2.75) is 32.7 Å². The van der Waals surface area contributed by atoms with Gasteiger partial charge in [0.2, 0.25) is 0 Å². The molecule has 0 saturated heterocycles. The molecular weight excluding hydrogens is 452 g/mol. The van der Waals surface area contributed by atoms with E-state index in [1.54, 1.807) is 33.5 Å². The number of rotatable bonds is 8. The number of aromatic amines is 1. The molecule has 0 saturated carbocycles. The van der Waals surface area contributed by atoms with E-state index in [4.69, 9.17) is 0 Å². The van der Waals surface area contributed by atoms with Gasteiger partial charge in [-0.3, -0.25) is 14.1 Å². The molecule has 0 aliphatic rings. The zero-order valence-electron chi connectivity index (χ0n) is 19.8. The lowest BCUT2D eigenvalue weighted by atomic mass is 10.0. The summed E-state index contributed by atoms with van der Waals surface area (Å²) in [6, 6.07) is 21.3. The number of para-hydroxylation sites is 1. The molecule has 3 heterocycles. The Kier molecular flexibility index (Phi) is 6.49. The summed E-state index contributed by atoms with van der Waals surface area (Å²) in [4.78, 5) is 17.9. The number of benzene rings is 2. The highest BCUT2D eigenvalue weighted by Crippen LogP contribution is 2.28. The van der Waals surface area contributed by atoms with Crippen LogP contribution in [0.4, 0.5) is 0 Å². The van der Waals surface area contributed by atoms with E-state index in [-0.39, 0.29) is 5.69 Å². The fraction of sp³-hybridized carbons (Fsp3) is 0.185. The molecule has 0 aliphatic carbocycles. The number of imidazole rings is 1. The van der Waals surface area contributed by atoms with Gasteiger partial charge in [0, 0.05) is 23.7 Å². The highest BCUT2D eigenvalue weighted by atomic mass is 16.1. The minimum Gasteiger partial charge on any atom is -0.292 e. The monoisotopic (exact) mass is 476 g/mol. The molecule has 0 radical (unpaired) electrons. The Morgan fingerprint density at radius 3 is 2.64 bits per heavy atom. The summed E-state index contributed by atoms with van der Waals surface area (Å²) in [7, 11) is 0. The molecule has 9 heteroatoms. The van der Waals surface area contributed by atoms with Gasteiger partial charge in [0.1, 0.15) is 11.8 Å². The van der Waals surface area contributed by atoms with E-state index >= 15 is 0 Å². The average Bonchev–Trinajstić information content (AvgIpc) is 3.57. The van der Waals surface area contributed by atoms with E-state index in [9.17, 15) is 10.1 Å². The molecule has 0 aliphatic heterocycles. The Balaban J connectivity index is 1.49. The Hall–Kier alpha value is -4.84. The normalized spacial score (nSPS) is 10.9. The van der Waals surface area contributed by atoms with E-state index in [1.807, 2.05) is 48.7 Å². The number of nitrogens with zero attached hydrogens (tertiary/aromatic N) is 7. The van der Waals surface area contributed by atoms with Crippen molar-refractivity contribution in [2.75, 3.05) is 0 Å². The molecule has 0 fully saturated rings. The predicted octanol–water partition coefficient (Wildman–Crippen LogP) is 4.14. The number of unbranched alkanes of at least 4 members (excludes halogenated alkanes) is 1. The van der Waals surface area contributed by atoms with Crippen molar-refractivity contribution in [3.63, 3.8) is 0 Å². The van der Waals surface area contributed by atoms with Gasteiger partial charge >= 0.3 is 5.69 Å². The molecule has 0 unspecified atom stereocenters. The van der Waals surface area contributed by atoms with E-state index in [2.05, 4.69) is 38.6 Å². The summed E-state index contributed by atoms with van der Waals surface area (Å²) in [6.45, 7) is 2.57. The van der Waals surface area contributed by atoms with Crippen molar-refractivity contribution in [1.29, 1.82) is 5.26 Å². The summed E-state index contributed by atoms with van der Waals surface area (Å²) < 4.78 is 3.39. The summed E-state index contributed by atoms with van der Waals surface area (Å²) >= 11 is 0. The van der Waals surface area contributed by atoms with Crippen LogP contribution in [-0.4, -0.2) is 34.7 Å². The summed E-state index contributed by atoms with van der Waals surface area (Å²) in [6.07, 6.45) is 6.36. The molecule has 0 spiro atoms. The molecule has 2 aromatic carbocycles. The third-order valence-electron chi connectivity index (χ3n) is 6.12. The van der Waals surface area contributed by atoms with Crippen LogP contribution in [0.1, 0.15) is 36.6 Å². The van der Waals surface area contributed by atoms with Crippen molar-refractivity contribution >= 4 is 0 Å². The third kappa shape index (κ3) is 4.44. The number of hydrogen-bond acceptors (Lipinski definition) is 6. The van der Waals surface area contributed by atoms with Gasteiger partial charge in [0.25, 0.3) is 0 Å². The SMILES string of the molecule is CCCCc1cn(-c2ccccc2C#N)c(=O)n1Cc1ccc(-c2cccnc2-c2nnn[nH]2)cc1. The first-order valence-electron chi connectivity index (χ1n) is 11.8. The molecule has 5 rings (SSSR count). The van der Waals surface area contributed by atoms with E-state index < -0.39 is 0 Å². The van der Waals surface area contributed by atoms with E-state index in [1.165, 1.54) is 0 Å². The minimum atomic E-state index is -0.153. The van der Waals surface area contributed by atoms with Crippen LogP contribution in [0.5, 0.6) is 0 Å². The maximum absolute atomic E-state index is 13.5. The highest BCUT2D eigenvalue weighted by molar-refractivity contribution is 5.77. The smallest absolute Gasteiger partial charge is 0.292 e. The molecule has 36 heavy (non-hydrogen) atoms. The van der Waals surface area contributed by atoms with Gasteiger partial charge < -0.3 is 0 Å². The average molecular weight is 477 g/mol. The lowest BCUT2D eigenvalue weighted by molar-refractivity contribution is 0.674. The second-order valence-corrected chi connectivity index (χ2v) is 8.44. The second kappa shape index (κ2) is 10.2. The molecule has 5 aromatic rings. The number of hydrogen-bond donors (Lipinski definition) is 1. The quantitative estimate of drug-likeness (QED) is 0.360. The van der Waals surface area contributed by atoms with Crippen LogP contribution in [0.15, 0.2) is 77.9 Å². The third-order valence-corrected chi connectivity index (χ3v) is 6.12. The number of aryl methyl sites for hydroxylation is 1. The number of pyridine rings is 1. The first-order chi connectivity index (χ1) is 17.7. The highest BCUT2D eigenvalue weighted by Gasteiger charge is 2.16. The zero-order chi connectivity index (χ0) is 24.9. The molecule has 1 N–H and O–H groups in total. The van der Waals surface area contributed by atoms with Gasteiger partial charge in [-0.15, -0.1) is 5.10 Å². The number of nitrogens with one attached hydrogen (secondary N) is 1. The van der Waals surface area contributed by atoms with Crippen LogP contribution in [0.2, 0.25) is 0 Å². The maximum atomic E-state index is 13.5. The number of H-pyrrole nitrogens is 1. The van der Waals surface area contributed by atoms with Gasteiger partial charge in [0.05, 0.1) is 17.8 Å². The molecule has 178 valence electrons. The van der Waals surface area contributed by atoms with Crippen LogP contribution < -0.4 is 5.69 Å². The molecule has 0 bridgehead atoms. The summed E-state index contributed by atoms with van der Waals surface area (Å²) in [5, 5.41) is 23.6. The first-order valence-corrected chi connectivity index (χ1v) is 11.8. The van der Waals surface area contributed by atoms with Gasteiger partial charge in [0.15, 0.2) is 5.82 Å². The van der Waals surface area contributed by atoms with Crippen LogP contribution in [0.3, 0.4) is 0 Å². The lowest BCUT2D eigenvalue weighted by Gasteiger charge is -2.10. The molecular formula is C27H24N8O. The van der Waals surface area contributed by atoms with Gasteiger partial charge in [-0.1, -0.05) is 55.8 Å². The largest absolute Gasteiger partial charge is 0.333 e. The van der Waals surface area contributed by atoms with Crippen molar-refractivity contribution in [3.8, 4) is 34.4 Å². The fourth-order valence-electron chi connectivity index (χ4n) is 4.26. The number of nitriles is 1. The van der Waals surface area contributed by atoms with Gasteiger partial charge in [-0.25, -0.2) is 9.89 Å². The maximum Gasteiger partial charge on any atom is 0.333 e. The number of tetrazole rings is 1. The minimum absolute atomic E-state index is 0.153. The van der Waals surface area contributed by atoms with Gasteiger partial charge in [-0.2, -0.15) is 5.26 Å². The van der Waals surface area contributed by atoms with E-state index in [0.29, 0.717) is 29.3 Å². The Bertz CT molecular complexity index is 1570. The Labute approximate surface area is 207 Å². The number of aromatic nitrogens is 7. The summed E-state index contributed by atoms with van der Waals surface area (Å²) in [5.74, 6) is 0.501. The van der Waals surface area contributed by atoms with E-state index in [0.717, 1.165) is 41.6 Å². The van der Waals surface area contributed by atoms with Crippen LogP contribution in [-0.2, 0) is 13.0 Å².